The Morgan fingerprint density at radius 1 is 0.881 bits per heavy atom. The van der Waals surface area contributed by atoms with Crippen LogP contribution in [0.3, 0.4) is 0 Å². The number of nitrogens with two attached hydrogens (primary N) is 1. The fourth-order valence-electron chi connectivity index (χ4n) is 3.21. The van der Waals surface area contributed by atoms with E-state index in [2.05, 4.69) is 128 Å². The van der Waals surface area contributed by atoms with Crippen molar-refractivity contribution in [2.24, 2.45) is 0 Å². The number of pyridine rings is 1. The van der Waals surface area contributed by atoms with Crippen LogP contribution in [-0.2, 0) is 10.8 Å². The second kappa shape index (κ2) is 21.0. The Morgan fingerprint density at radius 3 is 1.93 bits per heavy atom. The average molecular weight is 605 g/mol. The van der Waals surface area contributed by atoms with Crippen molar-refractivity contribution >= 4 is 49.4 Å². The number of nitrogen functional groups attached to an aromatic ring is 1. The van der Waals surface area contributed by atoms with Gasteiger partial charge in [-0.1, -0.05) is 85.8 Å². The lowest BCUT2D eigenvalue weighted by Crippen LogP contribution is -1.99. The van der Waals surface area contributed by atoms with E-state index in [1.807, 2.05) is 24.3 Å². The second-order valence-electron chi connectivity index (χ2n) is 7.74. The molecule has 2 N–H and O–H groups in total. The maximum Gasteiger partial charge on any atom is 0.127 e. The number of hydrogen-bond donors (Lipinski definition) is 1. The molecule has 0 amide bonds. The van der Waals surface area contributed by atoms with Crippen LogP contribution in [0.25, 0.3) is 31.9 Å². The van der Waals surface area contributed by atoms with Gasteiger partial charge in [0, 0.05) is 11.1 Å². The molecule has 3 heterocycles. The summed E-state index contributed by atoms with van der Waals surface area (Å²) in [4.78, 5) is 6.84. The van der Waals surface area contributed by atoms with Gasteiger partial charge in [0.25, 0.3) is 0 Å². The molecule has 4 aromatic rings. The fourth-order valence-corrected chi connectivity index (χ4v) is 6.69. The van der Waals surface area contributed by atoms with Crippen molar-refractivity contribution in [1.82, 2.24) is 4.98 Å². The summed E-state index contributed by atoms with van der Waals surface area (Å²) in [5, 5.41) is 2.98. The van der Waals surface area contributed by atoms with Gasteiger partial charge < -0.3 is 5.73 Å². The molecule has 0 fully saturated rings. The van der Waals surface area contributed by atoms with E-state index >= 15 is 0 Å². The molecule has 6 heteroatoms. The molecule has 3 aromatic heterocycles. The van der Waals surface area contributed by atoms with E-state index in [9.17, 15) is 4.21 Å². The van der Waals surface area contributed by atoms with Crippen molar-refractivity contribution in [1.29, 1.82) is 0 Å². The second-order valence-corrected chi connectivity index (χ2v) is 11.5. The monoisotopic (exact) mass is 604 g/mol. The number of unbranched alkanes of at least 4 members (excludes halogenated alkanes) is 1. The summed E-state index contributed by atoms with van der Waals surface area (Å²) in [5.41, 5.74) is 31.5. The highest BCUT2D eigenvalue weighted by Gasteiger charge is 2.20. The Morgan fingerprint density at radius 2 is 1.45 bits per heavy atom. The molecule has 0 radical (unpaired) electrons. The number of nitrogens with zero attached hydrogens (tertiary/aromatic N) is 1. The predicted octanol–water partition coefficient (Wildman–Crippen LogP) is 9.98. The van der Waals surface area contributed by atoms with E-state index in [-0.39, 0.29) is 0 Å². The summed E-state index contributed by atoms with van der Waals surface area (Å²) in [7, 11) is -1.08. The number of benzene rings is 1. The quantitative estimate of drug-likeness (QED) is 0.223. The van der Waals surface area contributed by atoms with Gasteiger partial charge >= 0.3 is 0 Å². The summed E-state index contributed by atoms with van der Waals surface area (Å²) in [6.07, 6.45) is 1.95. The molecule has 3 nitrogen and oxygen atoms in total. The van der Waals surface area contributed by atoms with E-state index in [0.717, 1.165) is 49.0 Å². The van der Waals surface area contributed by atoms with E-state index in [1.54, 1.807) is 11.3 Å². The maximum atomic E-state index is 12.8. The van der Waals surface area contributed by atoms with E-state index < -0.39 is 10.8 Å². The van der Waals surface area contributed by atoms with Gasteiger partial charge in [-0.15, -0.1) is 28.4 Å². The van der Waals surface area contributed by atoms with Crippen LogP contribution in [0.2, 0.25) is 0 Å². The lowest BCUT2D eigenvalue weighted by atomic mass is 10.0. The number of rotatable bonds is 6. The van der Waals surface area contributed by atoms with Crippen LogP contribution < -0.4 is 5.73 Å². The van der Waals surface area contributed by atoms with Gasteiger partial charge in [-0.3, -0.25) is 4.21 Å². The Balaban J connectivity index is 0.000000489. The molecule has 1 atom stereocenters. The first kappa shape index (κ1) is 35.2. The van der Waals surface area contributed by atoms with Crippen LogP contribution in [-0.4, -0.2) is 14.9 Å². The van der Waals surface area contributed by atoms with Crippen LogP contribution in [0.4, 0.5) is 5.69 Å². The Labute approximate surface area is 259 Å². The summed E-state index contributed by atoms with van der Waals surface area (Å²) in [6, 6.07) is 16.4. The highest BCUT2D eigenvalue weighted by atomic mass is 32.2. The molecule has 0 bridgehead atoms. The van der Waals surface area contributed by atoms with Gasteiger partial charge in [0.1, 0.15) is 9.04 Å². The molecule has 4 rings (SSSR count). The van der Waals surface area contributed by atoms with Crippen LogP contribution in [0.1, 0.15) is 19.8 Å². The zero-order valence-corrected chi connectivity index (χ0v) is 26.2. The Bertz CT molecular complexity index is 1730. The number of anilines is 1. The number of fused-ring (bicyclic) bond motifs is 1. The molecule has 0 aliphatic rings. The molecular formula is C36H32N2OS3. The molecule has 0 spiro atoms. The minimum atomic E-state index is -1.08. The zero-order chi connectivity index (χ0) is 31.2. The van der Waals surface area contributed by atoms with Gasteiger partial charge in [0.05, 0.1) is 27.1 Å². The fraction of sp³-hybridized carbons (Fsp3) is 0.111. The highest BCUT2D eigenvalue weighted by Crippen LogP contribution is 2.43. The van der Waals surface area contributed by atoms with Crippen molar-refractivity contribution in [2.45, 2.75) is 24.0 Å². The predicted molar refractivity (Wildman–Crippen MR) is 184 cm³/mol. The standard InChI is InChI=1S/C21H20N2OS3.2C6H4.C3H4/c1-2-3-12-27(24)21-19(22)18-15(14-8-5-4-6-9-14)13-16(23-20(18)26-21)17-10-7-11-25-17;2*1-3-5-6-4-2;1-3-2/h4-11,13H,2-3,12,22H2,1H3;2*1-2H2;1-2H2/t27-;;;/m1.../s1. The topological polar surface area (TPSA) is 56.0 Å². The van der Waals surface area contributed by atoms with Crippen LogP contribution in [0.5, 0.6) is 0 Å². The van der Waals surface area contributed by atoms with E-state index in [4.69, 9.17) is 10.7 Å². The maximum absolute atomic E-state index is 12.8. The Hall–Kier alpha value is -4.78. The molecule has 0 saturated heterocycles. The van der Waals surface area contributed by atoms with Gasteiger partial charge in [-0.2, -0.15) is 0 Å². The molecule has 42 heavy (non-hydrogen) atoms. The smallest absolute Gasteiger partial charge is 0.127 e. The first-order valence-corrected chi connectivity index (χ1v) is 15.5. The zero-order valence-electron chi connectivity index (χ0n) is 23.7. The largest absolute Gasteiger partial charge is 0.396 e. The first-order valence-electron chi connectivity index (χ1n) is 12.5. The van der Waals surface area contributed by atoms with Crippen LogP contribution >= 0.6 is 22.7 Å². The molecule has 1 aromatic carbocycles. The van der Waals surface area contributed by atoms with Gasteiger partial charge in [0.15, 0.2) is 0 Å². The third kappa shape index (κ3) is 11.4. The number of aromatic nitrogens is 1. The summed E-state index contributed by atoms with van der Waals surface area (Å²) in [5.74, 6) is 0.645. The number of thiophene rings is 2. The molecule has 0 saturated carbocycles. The van der Waals surface area contributed by atoms with Crippen molar-refractivity contribution in [3.05, 3.63) is 145 Å². The van der Waals surface area contributed by atoms with Crippen LogP contribution in [0.15, 0.2) is 149 Å². The third-order valence-electron chi connectivity index (χ3n) is 4.89. The van der Waals surface area contributed by atoms with Crippen molar-refractivity contribution in [3.63, 3.8) is 0 Å². The highest BCUT2D eigenvalue weighted by molar-refractivity contribution is 7.87. The van der Waals surface area contributed by atoms with Gasteiger partial charge in [-0.25, -0.2) is 4.98 Å². The molecule has 210 valence electrons. The third-order valence-corrected chi connectivity index (χ3v) is 8.78. The minimum Gasteiger partial charge on any atom is -0.396 e. The minimum absolute atomic E-state index is 0.619. The van der Waals surface area contributed by atoms with E-state index in [1.165, 1.54) is 11.3 Å². The molecule has 0 unspecified atom stereocenters. The summed E-state index contributed by atoms with van der Waals surface area (Å²) >= 11 is 3.14. The van der Waals surface area contributed by atoms with Crippen LogP contribution in [0, 0.1) is 0 Å². The lowest BCUT2D eigenvalue weighted by molar-refractivity contribution is 0.681. The van der Waals surface area contributed by atoms with Gasteiger partial charge in [-0.05, 0) is 84.3 Å². The first-order chi connectivity index (χ1) is 20.4. The average Bonchev–Trinajstić information content (AvgIpc) is 3.67. The normalized spacial score (nSPS) is 9.17. The van der Waals surface area contributed by atoms with Crippen molar-refractivity contribution in [2.75, 3.05) is 11.5 Å². The summed E-state index contributed by atoms with van der Waals surface area (Å²) < 4.78 is 13.5. The van der Waals surface area contributed by atoms with E-state index in [0.29, 0.717) is 11.4 Å². The Kier molecular flexibility index (Phi) is 17.6. The molecular weight excluding hydrogens is 573 g/mol. The summed E-state index contributed by atoms with van der Waals surface area (Å²) in [6.45, 7) is 21.3. The van der Waals surface area contributed by atoms with Gasteiger partial charge in [0.2, 0.25) is 0 Å². The SMILES string of the molecule is C=C=C.C=C=C=C=C=C.C=C=C=C=C=C.CCCC[S@@](=O)c1sc2nc(-c3cccs3)cc(-c3ccccc3)c2c1N. The molecule has 0 aliphatic carbocycles. The number of hydrogen-bond acceptors (Lipinski definition) is 5. The van der Waals surface area contributed by atoms with Crippen molar-refractivity contribution < 1.29 is 4.21 Å². The molecule has 0 aliphatic heterocycles. The van der Waals surface area contributed by atoms with Crippen molar-refractivity contribution in [3.8, 4) is 21.7 Å². The lowest BCUT2D eigenvalue weighted by Gasteiger charge is -2.08.